The first-order valence-corrected chi connectivity index (χ1v) is 4.41. The minimum absolute atomic E-state index is 0.360. The first kappa shape index (κ1) is 7.53. The van der Waals surface area contributed by atoms with Gasteiger partial charge in [0.15, 0.2) is 0 Å². The second kappa shape index (κ2) is 3.52. The van der Waals surface area contributed by atoms with Gasteiger partial charge in [0.05, 0.1) is 25.4 Å². The molecule has 2 aliphatic rings. The van der Waals surface area contributed by atoms with Gasteiger partial charge in [-0.15, -0.1) is 0 Å². The van der Waals surface area contributed by atoms with Crippen molar-refractivity contribution >= 4 is 0 Å². The van der Waals surface area contributed by atoms with Crippen LogP contribution in [0.4, 0.5) is 0 Å². The Bertz CT molecular complexity index is 115. The van der Waals surface area contributed by atoms with Gasteiger partial charge in [-0.1, -0.05) is 0 Å². The summed E-state index contributed by atoms with van der Waals surface area (Å²) in [6, 6.07) is 0. The summed E-state index contributed by atoms with van der Waals surface area (Å²) in [6.07, 6.45) is 2.92. The SMILES string of the molecule is C1CC2OCCOC2CCN1. The van der Waals surface area contributed by atoms with Crippen molar-refractivity contribution in [3.05, 3.63) is 0 Å². The molecule has 0 radical (unpaired) electrons. The van der Waals surface area contributed by atoms with Gasteiger partial charge in [0.25, 0.3) is 0 Å². The molecule has 0 bridgehead atoms. The van der Waals surface area contributed by atoms with E-state index in [9.17, 15) is 0 Å². The van der Waals surface area contributed by atoms with E-state index in [1.165, 1.54) is 0 Å². The molecule has 0 aliphatic carbocycles. The molecule has 2 rings (SSSR count). The van der Waals surface area contributed by atoms with E-state index in [-0.39, 0.29) is 0 Å². The van der Waals surface area contributed by atoms with Crippen LogP contribution in [0.25, 0.3) is 0 Å². The Morgan fingerprint density at radius 3 is 2.00 bits per heavy atom. The number of hydrogen-bond donors (Lipinski definition) is 1. The van der Waals surface area contributed by atoms with E-state index in [1.54, 1.807) is 0 Å². The Balaban J connectivity index is 1.93. The van der Waals surface area contributed by atoms with Crippen molar-refractivity contribution in [3.8, 4) is 0 Å². The molecule has 2 fully saturated rings. The Kier molecular flexibility index (Phi) is 2.41. The Morgan fingerprint density at radius 2 is 1.45 bits per heavy atom. The maximum absolute atomic E-state index is 5.60. The standard InChI is InChI=1S/C8H15NO2/c1-3-9-4-2-8-7(1)10-5-6-11-8/h7-9H,1-6H2. The van der Waals surface area contributed by atoms with Crippen molar-refractivity contribution in [2.24, 2.45) is 0 Å². The molecule has 11 heavy (non-hydrogen) atoms. The van der Waals surface area contributed by atoms with Crippen LogP contribution in [-0.4, -0.2) is 38.5 Å². The number of nitrogens with one attached hydrogen (secondary N) is 1. The predicted molar refractivity (Wildman–Crippen MR) is 41.6 cm³/mol. The minimum Gasteiger partial charge on any atom is -0.373 e. The van der Waals surface area contributed by atoms with E-state index in [4.69, 9.17) is 9.47 Å². The lowest BCUT2D eigenvalue weighted by molar-refractivity contribution is -0.139. The molecular weight excluding hydrogens is 142 g/mol. The number of hydrogen-bond acceptors (Lipinski definition) is 3. The van der Waals surface area contributed by atoms with E-state index in [2.05, 4.69) is 5.32 Å². The van der Waals surface area contributed by atoms with E-state index in [0.29, 0.717) is 12.2 Å². The molecule has 0 saturated carbocycles. The monoisotopic (exact) mass is 157 g/mol. The van der Waals surface area contributed by atoms with Crippen LogP contribution < -0.4 is 5.32 Å². The predicted octanol–water partition coefficient (Wildman–Crippen LogP) is 0.154. The molecule has 2 heterocycles. The molecule has 3 heteroatoms. The summed E-state index contributed by atoms with van der Waals surface area (Å²) in [4.78, 5) is 0. The number of fused-ring (bicyclic) bond motifs is 1. The van der Waals surface area contributed by atoms with Crippen LogP contribution in [0.3, 0.4) is 0 Å². The van der Waals surface area contributed by atoms with Gasteiger partial charge < -0.3 is 14.8 Å². The van der Waals surface area contributed by atoms with E-state index in [1.807, 2.05) is 0 Å². The zero-order valence-corrected chi connectivity index (χ0v) is 6.71. The third-order valence-electron chi connectivity index (χ3n) is 2.37. The molecule has 1 N–H and O–H groups in total. The van der Waals surface area contributed by atoms with Crippen LogP contribution in [0.15, 0.2) is 0 Å². The van der Waals surface area contributed by atoms with Gasteiger partial charge in [-0.3, -0.25) is 0 Å². The topological polar surface area (TPSA) is 30.5 Å². The Morgan fingerprint density at radius 1 is 0.909 bits per heavy atom. The van der Waals surface area contributed by atoms with Crippen molar-refractivity contribution in [3.63, 3.8) is 0 Å². The van der Waals surface area contributed by atoms with Gasteiger partial charge in [-0.2, -0.15) is 0 Å². The Labute approximate surface area is 67.1 Å². The molecule has 2 unspecified atom stereocenters. The van der Waals surface area contributed by atoms with Crippen LogP contribution in [0.2, 0.25) is 0 Å². The van der Waals surface area contributed by atoms with Gasteiger partial charge >= 0.3 is 0 Å². The van der Waals surface area contributed by atoms with Crippen LogP contribution in [0.5, 0.6) is 0 Å². The van der Waals surface area contributed by atoms with Crippen molar-refractivity contribution < 1.29 is 9.47 Å². The van der Waals surface area contributed by atoms with Crippen LogP contribution >= 0.6 is 0 Å². The summed E-state index contributed by atoms with van der Waals surface area (Å²) < 4.78 is 11.2. The second-order valence-corrected chi connectivity index (χ2v) is 3.15. The maximum atomic E-state index is 5.60. The molecule has 2 atom stereocenters. The van der Waals surface area contributed by atoms with Crippen LogP contribution in [-0.2, 0) is 9.47 Å². The van der Waals surface area contributed by atoms with Gasteiger partial charge in [-0.05, 0) is 25.9 Å². The zero-order chi connectivity index (χ0) is 7.52. The average Bonchev–Trinajstić information content (AvgIpc) is 2.28. The third-order valence-corrected chi connectivity index (χ3v) is 2.37. The van der Waals surface area contributed by atoms with Gasteiger partial charge in [0.2, 0.25) is 0 Å². The highest BCUT2D eigenvalue weighted by molar-refractivity contribution is 4.78. The fourth-order valence-corrected chi connectivity index (χ4v) is 1.77. The summed E-state index contributed by atoms with van der Waals surface area (Å²) in [5.74, 6) is 0. The number of ether oxygens (including phenoxy) is 2. The molecule has 0 amide bonds. The molecule has 0 aromatic rings. The van der Waals surface area contributed by atoms with E-state index in [0.717, 1.165) is 39.1 Å². The van der Waals surface area contributed by atoms with Gasteiger partial charge in [-0.25, -0.2) is 0 Å². The van der Waals surface area contributed by atoms with Crippen LogP contribution in [0.1, 0.15) is 12.8 Å². The molecular formula is C8H15NO2. The zero-order valence-electron chi connectivity index (χ0n) is 6.71. The highest BCUT2D eigenvalue weighted by Gasteiger charge is 2.27. The minimum atomic E-state index is 0.360. The lowest BCUT2D eigenvalue weighted by Crippen LogP contribution is -2.38. The third kappa shape index (κ3) is 1.72. The fourth-order valence-electron chi connectivity index (χ4n) is 1.77. The summed E-state index contributed by atoms with van der Waals surface area (Å²) in [5, 5.41) is 3.34. The molecule has 0 spiro atoms. The number of rotatable bonds is 0. The molecule has 2 aliphatic heterocycles. The van der Waals surface area contributed by atoms with E-state index < -0.39 is 0 Å². The lowest BCUT2D eigenvalue weighted by atomic mass is 10.1. The van der Waals surface area contributed by atoms with Crippen molar-refractivity contribution in [1.29, 1.82) is 0 Å². The fraction of sp³-hybridized carbons (Fsp3) is 1.00. The van der Waals surface area contributed by atoms with Gasteiger partial charge in [0, 0.05) is 0 Å². The van der Waals surface area contributed by atoms with Gasteiger partial charge in [0.1, 0.15) is 0 Å². The first-order chi connectivity index (χ1) is 5.47. The molecule has 0 aromatic carbocycles. The molecule has 3 nitrogen and oxygen atoms in total. The summed E-state index contributed by atoms with van der Waals surface area (Å²) in [5.41, 5.74) is 0. The molecule has 0 aromatic heterocycles. The Hall–Kier alpha value is -0.120. The highest BCUT2D eigenvalue weighted by Crippen LogP contribution is 2.17. The molecule has 2 saturated heterocycles. The highest BCUT2D eigenvalue weighted by atomic mass is 16.6. The second-order valence-electron chi connectivity index (χ2n) is 3.15. The van der Waals surface area contributed by atoms with Crippen molar-refractivity contribution in [1.82, 2.24) is 5.32 Å². The summed E-state index contributed by atoms with van der Waals surface area (Å²) in [7, 11) is 0. The van der Waals surface area contributed by atoms with Crippen molar-refractivity contribution in [2.45, 2.75) is 25.0 Å². The van der Waals surface area contributed by atoms with E-state index >= 15 is 0 Å². The summed E-state index contributed by atoms with van der Waals surface area (Å²) in [6.45, 7) is 3.71. The average molecular weight is 157 g/mol. The van der Waals surface area contributed by atoms with Crippen LogP contribution in [0, 0.1) is 0 Å². The quantitative estimate of drug-likeness (QED) is 0.543. The maximum Gasteiger partial charge on any atom is 0.0850 e. The normalized spacial score (nSPS) is 39.3. The largest absolute Gasteiger partial charge is 0.373 e. The smallest absolute Gasteiger partial charge is 0.0850 e. The first-order valence-electron chi connectivity index (χ1n) is 4.41. The van der Waals surface area contributed by atoms with Crippen molar-refractivity contribution in [2.75, 3.05) is 26.3 Å². The summed E-state index contributed by atoms with van der Waals surface area (Å²) >= 11 is 0. The lowest BCUT2D eigenvalue weighted by Gasteiger charge is -2.29. The molecule has 64 valence electrons.